The molecule has 2 atom stereocenters. The predicted molar refractivity (Wildman–Crippen MR) is 69.3 cm³/mol. The van der Waals surface area contributed by atoms with Crippen molar-refractivity contribution in [1.82, 2.24) is 0 Å². The molecule has 0 saturated carbocycles. The summed E-state index contributed by atoms with van der Waals surface area (Å²) in [6.07, 6.45) is 3.88. The first kappa shape index (κ1) is 11.9. The monoisotopic (exact) mass is 308 g/mol. The summed E-state index contributed by atoms with van der Waals surface area (Å²) < 4.78 is 6.53. The molecule has 1 aromatic rings. The van der Waals surface area contributed by atoms with Gasteiger partial charge in [-0.05, 0) is 37.8 Å². The second kappa shape index (κ2) is 5.17. The Morgan fingerprint density at radius 1 is 1.73 bits per heavy atom. The maximum absolute atomic E-state index is 6.06. The Kier molecular flexibility index (Phi) is 4.10. The van der Waals surface area contributed by atoms with E-state index >= 15 is 0 Å². The van der Waals surface area contributed by atoms with E-state index in [0.717, 1.165) is 17.4 Å². The van der Waals surface area contributed by atoms with Crippen LogP contribution >= 0.6 is 38.9 Å². The fourth-order valence-corrected chi connectivity index (χ4v) is 3.85. The minimum Gasteiger partial charge on any atom is -0.378 e. The molecule has 1 aliphatic rings. The van der Waals surface area contributed by atoms with E-state index in [1.54, 1.807) is 11.3 Å². The predicted octanol–water partition coefficient (Wildman–Crippen LogP) is 4.72. The summed E-state index contributed by atoms with van der Waals surface area (Å²) in [6, 6.07) is 2.17. The van der Waals surface area contributed by atoms with Gasteiger partial charge in [0.05, 0.1) is 15.3 Å². The fraction of sp³-hybridized carbons (Fsp3) is 0.636. The van der Waals surface area contributed by atoms with Crippen LogP contribution in [0.2, 0.25) is 4.34 Å². The molecule has 1 fully saturated rings. The Labute approximate surface area is 108 Å². The number of hydrogen-bond donors (Lipinski definition) is 0. The molecule has 1 nitrogen and oxygen atoms in total. The number of halogens is 2. The number of ether oxygens (including phenoxy) is 1. The SMILES string of the molecule is Cc1cc(C(Br)CC2CCCO2)sc1Cl. The largest absolute Gasteiger partial charge is 0.378 e. The van der Waals surface area contributed by atoms with Crippen LogP contribution in [-0.4, -0.2) is 12.7 Å². The van der Waals surface area contributed by atoms with E-state index in [-0.39, 0.29) is 0 Å². The van der Waals surface area contributed by atoms with Crippen molar-refractivity contribution in [3.8, 4) is 0 Å². The standard InChI is InChI=1S/C11H14BrClOS/c1-7-5-10(15-11(7)13)9(12)6-8-3-2-4-14-8/h5,8-9H,2-4,6H2,1H3. The molecule has 2 heterocycles. The molecule has 0 radical (unpaired) electrons. The summed E-state index contributed by atoms with van der Waals surface area (Å²) in [5.41, 5.74) is 1.17. The van der Waals surface area contributed by atoms with Gasteiger partial charge in [0.2, 0.25) is 0 Å². The Morgan fingerprint density at radius 3 is 3.07 bits per heavy atom. The third-order valence-corrected chi connectivity index (χ3v) is 5.52. The van der Waals surface area contributed by atoms with Crippen LogP contribution in [0.3, 0.4) is 0 Å². The number of rotatable bonds is 3. The Balaban J connectivity index is 1.97. The van der Waals surface area contributed by atoms with E-state index < -0.39 is 0 Å². The third kappa shape index (κ3) is 2.96. The summed E-state index contributed by atoms with van der Waals surface area (Å²) in [6.45, 7) is 2.97. The van der Waals surface area contributed by atoms with Crippen LogP contribution in [0, 0.1) is 6.92 Å². The smallest absolute Gasteiger partial charge is 0.0960 e. The highest BCUT2D eigenvalue weighted by molar-refractivity contribution is 9.09. The molecule has 1 aromatic heterocycles. The maximum Gasteiger partial charge on any atom is 0.0960 e. The lowest BCUT2D eigenvalue weighted by Gasteiger charge is -2.13. The Morgan fingerprint density at radius 2 is 2.53 bits per heavy atom. The summed E-state index contributed by atoms with van der Waals surface area (Å²) in [5, 5.41) is 0. The van der Waals surface area contributed by atoms with E-state index in [2.05, 4.69) is 22.0 Å². The number of aryl methyl sites for hydroxylation is 1. The van der Waals surface area contributed by atoms with Crippen LogP contribution in [-0.2, 0) is 4.74 Å². The molecule has 4 heteroatoms. The highest BCUT2D eigenvalue weighted by Crippen LogP contribution is 2.38. The minimum absolute atomic E-state index is 0.386. The maximum atomic E-state index is 6.06. The molecular weight excluding hydrogens is 296 g/mol. The van der Waals surface area contributed by atoms with Crippen molar-refractivity contribution in [3.05, 3.63) is 20.8 Å². The molecular formula is C11H14BrClOS. The van der Waals surface area contributed by atoms with Crippen molar-refractivity contribution < 1.29 is 4.74 Å². The van der Waals surface area contributed by atoms with Crippen LogP contribution < -0.4 is 0 Å². The molecule has 0 N–H and O–H groups in total. The molecule has 2 unspecified atom stereocenters. The number of hydrogen-bond acceptors (Lipinski definition) is 2. The molecule has 84 valence electrons. The molecule has 0 spiro atoms. The Hall–Kier alpha value is 0.430. The van der Waals surface area contributed by atoms with Crippen molar-refractivity contribution in [1.29, 1.82) is 0 Å². The number of thiophene rings is 1. The van der Waals surface area contributed by atoms with Gasteiger partial charge in [0.1, 0.15) is 0 Å². The highest BCUT2D eigenvalue weighted by Gasteiger charge is 2.21. The van der Waals surface area contributed by atoms with Gasteiger partial charge in [-0.15, -0.1) is 11.3 Å². The molecule has 0 bridgehead atoms. The normalized spacial score (nSPS) is 23.3. The first-order valence-electron chi connectivity index (χ1n) is 5.18. The lowest BCUT2D eigenvalue weighted by atomic mass is 10.1. The van der Waals surface area contributed by atoms with Crippen LogP contribution in [0.25, 0.3) is 0 Å². The Bertz CT molecular complexity index is 314. The van der Waals surface area contributed by atoms with E-state index in [9.17, 15) is 0 Å². The van der Waals surface area contributed by atoms with Gasteiger partial charge in [0.15, 0.2) is 0 Å². The molecule has 0 aliphatic carbocycles. The van der Waals surface area contributed by atoms with Crippen molar-refractivity contribution in [2.45, 2.75) is 37.1 Å². The summed E-state index contributed by atoms with van der Waals surface area (Å²) in [4.78, 5) is 1.70. The average molecular weight is 310 g/mol. The third-order valence-electron chi connectivity index (χ3n) is 2.68. The van der Waals surface area contributed by atoms with Gasteiger partial charge in [0.25, 0.3) is 0 Å². The van der Waals surface area contributed by atoms with Gasteiger partial charge >= 0.3 is 0 Å². The zero-order valence-electron chi connectivity index (χ0n) is 8.63. The zero-order valence-corrected chi connectivity index (χ0v) is 11.8. The topological polar surface area (TPSA) is 9.23 Å². The van der Waals surface area contributed by atoms with Crippen molar-refractivity contribution in [2.24, 2.45) is 0 Å². The van der Waals surface area contributed by atoms with E-state index in [1.165, 1.54) is 23.3 Å². The molecule has 15 heavy (non-hydrogen) atoms. The molecule has 1 aliphatic heterocycles. The fourth-order valence-electron chi connectivity index (χ4n) is 1.82. The van der Waals surface area contributed by atoms with Gasteiger partial charge in [-0.1, -0.05) is 27.5 Å². The van der Waals surface area contributed by atoms with Crippen LogP contribution in [0.4, 0.5) is 0 Å². The molecule has 0 amide bonds. The van der Waals surface area contributed by atoms with Crippen molar-refractivity contribution >= 4 is 38.9 Å². The van der Waals surface area contributed by atoms with Gasteiger partial charge in [-0.25, -0.2) is 0 Å². The summed E-state index contributed by atoms with van der Waals surface area (Å²) in [7, 11) is 0. The van der Waals surface area contributed by atoms with Crippen molar-refractivity contribution in [3.63, 3.8) is 0 Å². The van der Waals surface area contributed by atoms with Gasteiger partial charge < -0.3 is 4.74 Å². The minimum atomic E-state index is 0.386. The summed E-state index contributed by atoms with van der Waals surface area (Å²) >= 11 is 11.4. The van der Waals surface area contributed by atoms with E-state index in [0.29, 0.717) is 10.9 Å². The van der Waals surface area contributed by atoms with Crippen LogP contribution in [0.1, 0.15) is 34.5 Å². The van der Waals surface area contributed by atoms with Gasteiger partial charge in [0, 0.05) is 11.5 Å². The van der Waals surface area contributed by atoms with E-state index in [4.69, 9.17) is 16.3 Å². The molecule has 2 rings (SSSR count). The van der Waals surface area contributed by atoms with Crippen LogP contribution in [0.15, 0.2) is 6.07 Å². The van der Waals surface area contributed by atoms with Gasteiger partial charge in [-0.3, -0.25) is 0 Å². The second-order valence-electron chi connectivity index (χ2n) is 3.94. The first-order valence-corrected chi connectivity index (χ1v) is 7.29. The summed E-state index contributed by atoms with van der Waals surface area (Å²) in [5.74, 6) is 0. The van der Waals surface area contributed by atoms with Crippen molar-refractivity contribution in [2.75, 3.05) is 6.61 Å². The zero-order chi connectivity index (χ0) is 10.8. The second-order valence-corrected chi connectivity index (χ2v) is 6.73. The molecule has 1 saturated heterocycles. The quantitative estimate of drug-likeness (QED) is 0.734. The number of alkyl halides is 1. The van der Waals surface area contributed by atoms with Gasteiger partial charge in [-0.2, -0.15) is 0 Å². The van der Waals surface area contributed by atoms with E-state index in [1.807, 2.05) is 6.92 Å². The highest BCUT2D eigenvalue weighted by atomic mass is 79.9. The molecule has 0 aromatic carbocycles. The lowest BCUT2D eigenvalue weighted by molar-refractivity contribution is 0.104. The lowest BCUT2D eigenvalue weighted by Crippen LogP contribution is -2.07. The van der Waals surface area contributed by atoms with Crippen LogP contribution in [0.5, 0.6) is 0 Å². The average Bonchev–Trinajstić information content (AvgIpc) is 2.78. The first-order chi connectivity index (χ1) is 7.16.